The normalized spacial score (nSPS) is 12.9. The summed E-state index contributed by atoms with van der Waals surface area (Å²) in [6.45, 7) is 3.65. The lowest BCUT2D eigenvalue weighted by Gasteiger charge is -2.09. The third kappa shape index (κ3) is 2.39. The zero-order valence-corrected chi connectivity index (χ0v) is 10.2. The second-order valence-electron chi connectivity index (χ2n) is 4.49. The zero-order chi connectivity index (χ0) is 12.4. The summed E-state index contributed by atoms with van der Waals surface area (Å²) in [5, 5.41) is 10.0. The molecule has 0 aliphatic carbocycles. The molecule has 0 aliphatic rings. The van der Waals surface area contributed by atoms with Crippen molar-refractivity contribution < 1.29 is 5.11 Å². The molecule has 3 heteroatoms. The van der Waals surface area contributed by atoms with Crippen molar-refractivity contribution in [3.05, 3.63) is 45.7 Å². The van der Waals surface area contributed by atoms with Crippen LogP contribution >= 0.6 is 0 Å². The molecule has 1 heterocycles. The molecule has 2 N–H and O–H groups in total. The van der Waals surface area contributed by atoms with Gasteiger partial charge in [-0.05, 0) is 38.8 Å². The predicted molar refractivity (Wildman–Crippen MR) is 69.3 cm³/mol. The van der Waals surface area contributed by atoms with Crippen molar-refractivity contribution in [3.63, 3.8) is 0 Å². The summed E-state index contributed by atoms with van der Waals surface area (Å²) in [6.07, 6.45) is 0.853. The lowest BCUT2D eigenvalue weighted by molar-refractivity contribution is 0.185. The molecule has 0 spiro atoms. The maximum atomic E-state index is 12.3. The van der Waals surface area contributed by atoms with Crippen molar-refractivity contribution in [2.75, 3.05) is 0 Å². The first-order valence-corrected chi connectivity index (χ1v) is 5.88. The highest BCUT2D eigenvalue weighted by Gasteiger charge is 2.09. The summed E-state index contributed by atoms with van der Waals surface area (Å²) in [4.78, 5) is 15.5. The number of aliphatic hydroxyl groups is 1. The van der Waals surface area contributed by atoms with E-state index in [1.165, 1.54) is 0 Å². The first kappa shape index (κ1) is 11.9. The van der Waals surface area contributed by atoms with E-state index in [0.29, 0.717) is 12.8 Å². The van der Waals surface area contributed by atoms with Crippen LogP contribution in [0.5, 0.6) is 0 Å². The maximum Gasteiger partial charge on any atom is 0.192 e. The van der Waals surface area contributed by atoms with Gasteiger partial charge in [0.1, 0.15) is 0 Å². The van der Waals surface area contributed by atoms with Crippen LogP contribution in [0.3, 0.4) is 0 Å². The van der Waals surface area contributed by atoms with Gasteiger partial charge in [0.25, 0.3) is 0 Å². The van der Waals surface area contributed by atoms with E-state index in [-0.39, 0.29) is 11.5 Å². The fourth-order valence-electron chi connectivity index (χ4n) is 2.05. The van der Waals surface area contributed by atoms with Gasteiger partial charge in [-0.1, -0.05) is 12.1 Å². The van der Waals surface area contributed by atoms with Gasteiger partial charge in [-0.15, -0.1) is 0 Å². The lowest BCUT2D eigenvalue weighted by atomic mass is 10.0. The van der Waals surface area contributed by atoms with E-state index in [9.17, 15) is 9.90 Å². The van der Waals surface area contributed by atoms with Crippen LogP contribution in [0.15, 0.2) is 29.1 Å². The number of benzene rings is 1. The van der Waals surface area contributed by atoms with Gasteiger partial charge < -0.3 is 10.1 Å². The topological polar surface area (TPSA) is 53.1 Å². The molecule has 1 aromatic heterocycles. The number of aliphatic hydroxyl groups excluding tert-OH is 1. The first-order chi connectivity index (χ1) is 8.09. The second kappa shape index (κ2) is 4.72. The van der Waals surface area contributed by atoms with Crippen molar-refractivity contribution >= 4 is 10.9 Å². The summed E-state index contributed by atoms with van der Waals surface area (Å²) >= 11 is 0. The number of hydrogen-bond donors (Lipinski definition) is 2. The number of aromatic amines is 1. The molecule has 0 saturated carbocycles. The van der Waals surface area contributed by atoms with Gasteiger partial charge in [0.15, 0.2) is 5.43 Å². The highest BCUT2D eigenvalue weighted by atomic mass is 16.3. The Labute approximate surface area is 100 Å². The van der Waals surface area contributed by atoms with Gasteiger partial charge >= 0.3 is 0 Å². The number of para-hydroxylation sites is 1. The molecule has 2 aromatic rings. The molecule has 1 atom stereocenters. The largest absolute Gasteiger partial charge is 0.393 e. The first-order valence-electron chi connectivity index (χ1n) is 5.88. The van der Waals surface area contributed by atoms with E-state index >= 15 is 0 Å². The summed E-state index contributed by atoms with van der Waals surface area (Å²) in [5.74, 6) is 0. The SMILES string of the molecule is Cc1[nH]c2ccccc2c(=O)c1CCC(C)O. The van der Waals surface area contributed by atoms with Crippen molar-refractivity contribution in [1.29, 1.82) is 0 Å². The number of H-pyrrole nitrogens is 1. The van der Waals surface area contributed by atoms with Crippen molar-refractivity contribution in [2.24, 2.45) is 0 Å². The zero-order valence-electron chi connectivity index (χ0n) is 10.2. The van der Waals surface area contributed by atoms with Crippen LogP contribution in [0.2, 0.25) is 0 Å². The third-order valence-electron chi connectivity index (χ3n) is 3.03. The average molecular weight is 231 g/mol. The van der Waals surface area contributed by atoms with E-state index in [1.807, 2.05) is 31.2 Å². The molecule has 0 aliphatic heterocycles. The Kier molecular flexibility index (Phi) is 3.29. The Bertz CT molecular complexity index is 584. The van der Waals surface area contributed by atoms with Gasteiger partial charge in [0, 0.05) is 22.2 Å². The summed E-state index contributed by atoms with van der Waals surface area (Å²) < 4.78 is 0. The summed E-state index contributed by atoms with van der Waals surface area (Å²) in [7, 11) is 0. The molecule has 0 bridgehead atoms. The van der Waals surface area contributed by atoms with E-state index in [2.05, 4.69) is 4.98 Å². The fourth-order valence-corrected chi connectivity index (χ4v) is 2.05. The minimum atomic E-state index is -0.375. The summed E-state index contributed by atoms with van der Waals surface area (Å²) in [6, 6.07) is 7.51. The highest BCUT2D eigenvalue weighted by molar-refractivity contribution is 5.79. The second-order valence-corrected chi connectivity index (χ2v) is 4.49. The number of rotatable bonds is 3. The van der Waals surface area contributed by atoms with Gasteiger partial charge in [-0.25, -0.2) is 0 Å². The van der Waals surface area contributed by atoms with Crippen molar-refractivity contribution in [1.82, 2.24) is 4.98 Å². The predicted octanol–water partition coefficient (Wildman–Crippen LogP) is 2.15. The van der Waals surface area contributed by atoms with Crippen LogP contribution in [0.1, 0.15) is 24.6 Å². The van der Waals surface area contributed by atoms with E-state index in [4.69, 9.17) is 0 Å². The molecule has 0 radical (unpaired) electrons. The smallest absolute Gasteiger partial charge is 0.192 e. The Hall–Kier alpha value is -1.61. The molecular weight excluding hydrogens is 214 g/mol. The number of aryl methyl sites for hydroxylation is 1. The van der Waals surface area contributed by atoms with E-state index in [1.54, 1.807) is 6.92 Å². The Morgan fingerprint density at radius 1 is 1.35 bits per heavy atom. The maximum absolute atomic E-state index is 12.3. The van der Waals surface area contributed by atoms with Crippen LogP contribution < -0.4 is 5.43 Å². The molecule has 2 rings (SSSR count). The molecule has 3 nitrogen and oxygen atoms in total. The minimum Gasteiger partial charge on any atom is -0.393 e. The molecule has 0 fully saturated rings. The molecule has 0 saturated heterocycles. The van der Waals surface area contributed by atoms with Crippen LogP contribution in [-0.2, 0) is 6.42 Å². The van der Waals surface area contributed by atoms with Gasteiger partial charge in [-0.3, -0.25) is 4.79 Å². The number of hydrogen-bond acceptors (Lipinski definition) is 2. The van der Waals surface area contributed by atoms with Crippen molar-refractivity contribution in [2.45, 2.75) is 32.8 Å². The number of nitrogens with one attached hydrogen (secondary N) is 1. The Balaban J connectivity index is 2.52. The fraction of sp³-hybridized carbons (Fsp3) is 0.357. The number of aromatic nitrogens is 1. The molecule has 1 unspecified atom stereocenters. The minimum absolute atomic E-state index is 0.0810. The van der Waals surface area contributed by atoms with Gasteiger partial charge in [0.2, 0.25) is 0 Å². The third-order valence-corrected chi connectivity index (χ3v) is 3.03. The quantitative estimate of drug-likeness (QED) is 0.850. The molecule has 0 amide bonds. The van der Waals surface area contributed by atoms with E-state index in [0.717, 1.165) is 22.2 Å². The standard InChI is InChI=1S/C14H17NO2/c1-9(16)7-8-11-10(2)15-13-6-4-3-5-12(13)14(11)17/h3-6,9,16H,7-8H2,1-2H3,(H,15,17). The van der Waals surface area contributed by atoms with Gasteiger partial charge in [0.05, 0.1) is 6.10 Å². The van der Waals surface area contributed by atoms with Crippen LogP contribution in [0, 0.1) is 6.92 Å². The summed E-state index contributed by atoms with van der Waals surface area (Å²) in [5.41, 5.74) is 2.63. The van der Waals surface area contributed by atoms with Crippen LogP contribution in [0.25, 0.3) is 10.9 Å². The van der Waals surface area contributed by atoms with Crippen LogP contribution in [0.4, 0.5) is 0 Å². The van der Waals surface area contributed by atoms with Crippen LogP contribution in [-0.4, -0.2) is 16.2 Å². The van der Waals surface area contributed by atoms with Crippen molar-refractivity contribution in [3.8, 4) is 0 Å². The molecular formula is C14H17NO2. The lowest BCUT2D eigenvalue weighted by Crippen LogP contribution is -2.15. The van der Waals surface area contributed by atoms with Gasteiger partial charge in [-0.2, -0.15) is 0 Å². The Morgan fingerprint density at radius 3 is 2.76 bits per heavy atom. The molecule has 1 aromatic carbocycles. The average Bonchev–Trinajstić information content (AvgIpc) is 2.28. The molecule has 90 valence electrons. The molecule has 17 heavy (non-hydrogen) atoms. The number of fused-ring (bicyclic) bond motifs is 1. The number of pyridine rings is 1. The Morgan fingerprint density at radius 2 is 2.06 bits per heavy atom. The van der Waals surface area contributed by atoms with E-state index < -0.39 is 0 Å². The monoisotopic (exact) mass is 231 g/mol. The highest BCUT2D eigenvalue weighted by Crippen LogP contribution is 2.12.